The monoisotopic (exact) mass is 281 g/mol. The molecule has 0 unspecified atom stereocenters. The van der Waals surface area contributed by atoms with E-state index >= 15 is 0 Å². The van der Waals surface area contributed by atoms with E-state index in [1.807, 2.05) is 0 Å². The predicted molar refractivity (Wildman–Crippen MR) is 71.2 cm³/mol. The minimum atomic E-state index is -1.18. The number of benzene rings is 1. The van der Waals surface area contributed by atoms with Gasteiger partial charge in [-0.15, -0.1) is 0 Å². The molecule has 108 valence electrons. The maximum absolute atomic E-state index is 12.0. The zero-order valence-electron chi connectivity index (χ0n) is 11.0. The maximum atomic E-state index is 12.0. The summed E-state index contributed by atoms with van der Waals surface area (Å²) < 4.78 is 0. The van der Waals surface area contributed by atoms with Gasteiger partial charge in [0.25, 0.3) is 11.6 Å². The zero-order chi connectivity index (χ0) is 15.4. The van der Waals surface area contributed by atoms with E-state index in [1.165, 1.54) is 12.1 Å². The number of hydrogen-bond donors (Lipinski definition) is 3. The third-order valence-electron chi connectivity index (χ3n) is 2.71. The van der Waals surface area contributed by atoms with Gasteiger partial charge in [-0.2, -0.15) is 0 Å². The van der Waals surface area contributed by atoms with E-state index in [9.17, 15) is 19.7 Å². The second kappa shape index (κ2) is 6.00. The molecule has 0 bridgehead atoms. The van der Waals surface area contributed by atoms with E-state index in [2.05, 4.69) is 5.32 Å². The highest BCUT2D eigenvalue weighted by atomic mass is 16.6. The molecule has 0 saturated carbocycles. The number of amides is 1. The Morgan fingerprint density at radius 2 is 2.00 bits per heavy atom. The van der Waals surface area contributed by atoms with Crippen LogP contribution in [0.1, 0.15) is 24.2 Å². The maximum Gasteiger partial charge on any atom is 0.326 e. The predicted octanol–water partition coefficient (Wildman–Crippen LogP) is 1.02. The van der Waals surface area contributed by atoms with Gasteiger partial charge in [0.1, 0.15) is 6.04 Å². The second-order valence-corrected chi connectivity index (χ2v) is 4.56. The average molecular weight is 281 g/mol. The van der Waals surface area contributed by atoms with E-state index in [0.29, 0.717) is 0 Å². The van der Waals surface area contributed by atoms with Crippen molar-refractivity contribution in [2.24, 2.45) is 5.92 Å². The summed E-state index contributed by atoms with van der Waals surface area (Å²) in [5.41, 5.74) is 5.22. The number of nitrogens with zero attached hydrogens (tertiary/aromatic N) is 1. The fourth-order valence-corrected chi connectivity index (χ4v) is 1.59. The van der Waals surface area contributed by atoms with Crippen molar-refractivity contribution < 1.29 is 19.6 Å². The summed E-state index contributed by atoms with van der Waals surface area (Å²) in [6.45, 7) is 3.27. The van der Waals surface area contributed by atoms with Crippen LogP contribution >= 0.6 is 0 Å². The zero-order valence-corrected chi connectivity index (χ0v) is 11.0. The molecule has 1 atom stereocenters. The Bertz CT molecular complexity index is 556. The number of carboxylic acids is 1. The molecular weight excluding hydrogens is 266 g/mol. The molecule has 20 heavy (non-hydrogen) atoms. The molecular formula is C12H15N3O5. The first-order valence-electron chi connectivity index (χ1n) is 5.81. The van der Waals surface area contributed by atoms with Crippen molar-refractivity contribution in [1.29, 1.82) is 0 Å². The SMILES string of the molecule is CC(C)[C@@H](NC(=O)c1cc([N+](=O)[O-])ccc1N)C(=O)O. The van der Waals surface area contributed by atoms with Crippen LogP contribution in [0.3, 0.4) is 0 Å². The van der Waals surface area contributed by atoms with Crippen molar-refractivity contribution in [2.75, 3.05) is 5.73 Å². The normalized spacial score (nSPS) is 11.9. The molecule has 0 aliphatic heterocycles. The molecule has 4 N–H and O–H groups in total. The second-order valence-electron chi connectivity index (χ2n) is 4.56. The van der Waals surface area contributed by atoms with Crippen LogP contribution in [0.2, 0.25) is 0 Å². The van der Waals surface area contributed by atoms with Crippen LogP contribution in [0.5, 0.6) is 0 Å². The molecule has 0 spiro atoms. The molecule has 8 nitrogen and oxygen atoms in total. The van der Waals surface area contributed by atoms with Gasteiger partial charge < -0.3 is 16.2 Å². The highest BCUT2D eigenvalue weighted by molar-refractivity contribution is 6.01. The highest BCUT2D eigenvalue weighted by Crippen LogP contribution is 2.20. The molecule has 1 amide bonds. The molecule has 0 heterocycles. The van der Waals surface area contributed by atoms with Crippen molar-refractivity contribution >= 4 is 23.3 Å². The van der Waals surface area contributed by atoms with E-state index < -0.39 is 22.8 Å². The molecule has 0 saturated heterocycles. The van der Waals surface area contributed by atoms with E-state index in [-0.39, 0.29) is 22.9 Å². The average Bonchev–Trinajstić information content (AvgIpc) is 2.34. The van der Waals surface area contributed by atoms with Crippen molar-refractivity contribution in [3.8, 4) is 0 Å². The minimum absolute atomic E-state index is 0.0426. The summed E-state index contributed by atoms with van der Waals surface area (Å²) in [4.78, 5) is 33.0. The lowest BCUT2D eigenvalue weighted by Crippen LogP contribution is -2.44. The number of nitrogens with one attached hydrogen (secondary N) is 1. The lowest BCUT2D eigenvalue weighted by atomic mass is 10.0. The van der Waals surface area contributed by atoms with Crippen molar-refractivity contribution in [2.45, 2.75) is 19.9 Å². The Kier molecular flexibility index (Phi) is 4.63. The van der Waals surface area contributed by atoms with Crippen LogP contribution < -0.4 is 11.1 Å². The molecule has 1 rings (SSSR count). The Labute approximate surface area is 114 Å². The Hall–Kier alpha value is -2.64. The number of carboxylic acid groups (broad SMARTS) is 1. The first-order chi connectivity index (χ1) is 9.23. The van der Waals surface area contributed by atoms with Gasteiger partial charge in [0, 0.05) is 17.8 Å². The van der Waals surface area contributed by atoms with E-state index in [4.69, 9.17) is 10.8 Å². The third kappa shape index (κ3) is 3.44. The van der Waals surface area contributed by atoms with E-state index in [1.54, 1.807) is 13.8 Å². The first kappa shape index (κ1) is 15.4. The van der Waals surface area contributed by atoms with Gasteiger partial charge in [0.2, 0.25) is 0 Å². The van der Waals surface area contributed by atoms with Crippen molar-refractivity contribution in [1.82, 2.24) is 5.32 Å². The number of non-ortho nitro benzene ring substituents is 1. The fraction of sp³-hybridized carbons (Fsp3) is 0.333. The number of nitrogens with two attached hydrogens (primary N) is 1. The number of nitrogen functional groups attached to an aromatic ring is 1. The van der Waals surface area contributed by atoms with Gasteiger partial charge in [-0.05, 0) is 12.0 Å². The molecule has 0 aliphatic rings. The topological polar surface area (TPSA) is 136 Å². The molecule has 0 radical (unpaired) electrons. The van der Waals surface area contributed by atoms with Gasteiger partial charge in [-0.25, -0.2) is 4.79 Å². The number of carbonyl (C=O) groups is 2. The Morgan fingerprint density at radius 1 is 1.40 bits per heavy atom. The lowest BCUT2D eigenvalue weighted by molar-refractivity contribution is -0.384. The number of aliphatic carboxylic acids is 1. The van der Waals surface area contributed by atoms with Crippen molar-refractivity contribution in [3.05, 3.63) is 33.9 Å². The van der Waals surface area contributed by atoms with Gasteiger partial charge in [0.05, 0.1) is 10.5 Å². The summed E-state index contributed by atoms with van der Waals surface area (Å²) in [6, 6.07) is 2.33. The molecule has 1 aromatic rings. The number of rotatable bonds is 5. The first-order valence-corrected chi connectivity index (χ1v) is 5.81. The van der Waals surface area contributed by atoms with Crippen LogP contribution in [0.25, 0.3) is 0 Å². The quantitative estimate of drug-likeness (QED) is 0.418. The minimum Gasteiger partial charge on any atom is -0.480 e. The van der Waals surface area contributed by atoms with E-state index in [0.717, 1.165) is 6.07 Å². The Morgan fingerprint density at radius 3 is 2.45 bits per heavy atom. The number of hydrogen-bond acceptors (Lipinski definition) is 5. The number of nitro benzene ring substituents is 1. The summed E-state index contributed by atoms with van der Waals surface area (Å²) in [5.74, 6) is -2.28. The molecule has 8 heteroatoms. The molecule has 0 aromatic heterocycles. The number of carbonyl (C=O) groups excluding carboxylic acids is 1. The van der Waals surface area contributed by atoms with Gasteiger partial charge in [-0.3, -0.25) is 14.9 Å². The van der Waals surface area contributed by atoms with Gasteiger partial charge in [0.15, 0.2) is 0 Å². The lowest BCUT2D eigenvalue weighted by Gasteiger charge is -2.18. The van der Waals surface area contributed by atoms with Crippen LogP contribution in [-0.2, 0) is 4.79 Å². The Balaban J connectivity index is 3.05. The number of anilines is 1. The van der Waals surface area contributed by atoms with Crippen LogP contribution in [0.4, 0.5) is 11.4 Å². The summed E-state index contributed by atoms with van der Waals surface area (Å²) >= 11 is 0. The fourth-order valence-electron chi connectivity index (χ4n) is 1.59. The van der Waals surface area contributed by atoms with Gasteiger partial charge >= 0.3 is 5.97 Å². The largest absolute Gasteiger partial charge is 0.480 e. The van der Waals surface area contributed by atoms with Crippen molar-refractivity contribution in [3.63, 3.8) is 0 Å². The summed E-state index contributed by atoms with van der Waals surface area (Å²) in [7, 11) is 0. The summed E-state index contributed by atoms with van der Waals surface area (Å²) in [6.07, 6.45) is 0. The van der Waals surface area contributed by atoms with Crippen LogP contribution in [-0.4, -0.2) is 27.9 Å². The standard InChI is InChI=1S/C12H15N3O5/c1-6(2)10(12(17)18)14-11(16)8-5-7(15(19)20)3-4-9(8)13/h3-6,10H,13H2,1-2H3,(H,14,16)(H,17,18)/t10-/m1/s1. The molecule has 0 aliphatic carbocycles. The van der Waals surface area contributed by atoms with Crippen LogP contribution in [0.15, 0.2) is 18.2 Å². The van der Waals surface area contributed by atoms with Crippen LogP contribution in [0, 0.1) is 16.0 Å². The summed E-state index contributed by atoms with van der Waals surface area (Å²) in [5, 5.41) is 22.0. The van der Waals surface area contributed by atoms with Gasteiger partial charge in [-0.1, -0.05) is 13.8 Å². The smallest absolute Gasteiger partial charge is 0.326 e. The molecule has 0 fully saturated rings. The highest BCUT2D eigenvalue weighted by Gasteiger charge is 2.25. The number of nitro groups is 1. The molecule has 1 aromatic carbocycles. The third-order valence-corrected chi connectivity index (χ3v) is 2.71.